The summed E-state index contributed by atoms with van der Waals surface area (Å²) in [6.07, 6.45) is 0. The van der Waals surface area contributed by atoms with Crippen molar-refractivity contribution < 1.29 is 28.8 Å². The fraction of sp³-hybridized carbons (Fsp3) is 0. The van der Waals surface area contributed by atoms with Crippen molar-refractivity contribution in [1.29, 1.82) is 0 Å². The first-order valence-corrected chi connectivity index (χ1v) is 4.77. The van der Waals surface area contributed by atoms with Gasteiger partial charge in [-0.15, -0.1) is 0 Å². The van der Waals surface area contributed by atoms with Crippen LogP contribution in [0.2, 0.25) is 0 Å². The molecule has 8 nitrogen and oxygen atoms in total. The zero-order valence-electron chi connectivity index (χ0n) is 9.03. The molecule has 0 saturated heterocycles. The minimum Gasteiger partial charge on any atom is -0.507 e. The van der Waals surface area contributed by atoms with Gasteiger partial charge in [-0.1, -0.05) is 5.16 Å². The molecule has 19 heavy (non-hydrogen) atoms. The lowest BCUT2D eigenvalue weighted by Gasteiger charge is -2.01. The molecule has 1 heterocycles. The van der Waals surface area contributed by atoms with Gasteiger partial charge in [-0.05, 0) is 0 Å². The largest absolute Gasteiger partial charge is 0.507 e. The summed E-state index contributed by atoms with van der Waals surface area (Å²) in [5.74, 6) is -3.44. The molecule has 0 amide bonds. The quantitative estimate of drug-likeness (QED) is 0.641. The number of carboxylic acids is 1. The summed E-state index contributed by atoms with van der Waals surface area (Å²) < 4.78 is 17.8. The molecule has 9 heteroatoms. The van der Waals surface area contributed by atoms with E-state index >= 15 is 0 Å². The SMILES string of the molecule is O=C(O)c1cc(-c2cc([N+](=O)[O-])c(F)cc2O)on1. The summed E-state index contributed by atoms with van der Waals surface area (Å²) in [6, 6.07) is 2.23. The number of carboxylic acid groups (broad SMARTS) is 1. The average Bonchev–Trinajstić information content (AvgIpc) is 2.77. The van der Waals surface area contributed by atoms with Crippen LogP contribution in [0.4, 0.5) is 10.1 Å². The maximum absolute atomic E-state index is 13.2. The first-order chi connectivity index (χ1) is 8.90. The van der Waals surface area contributed by atoms with Crippen molar-refractivity contribution in [1.82, 2.24) is 5.16 Å². The number of rotatable bonds is 3. The average molecular weight is 268 g/mol. The summed E-state index contributed by atoms with van der Waals surface area (Å²) in [4.78, 5) is 20.2. The summed E-state index contributed by atoms with van der Waals surface area (Å²) >= 11 is 0. The molecular formula is C10H5FN2O6. The maximum atomic E-state index is 13.2. The maximum Gasteiger partial charge on any atom is 0.358 e. The van der Waals surface area contributed by atoms with Gasteiger partial charge in [0, 0.05) is 18.2 Å². The normalized spacial score (nSPS) is 10.4. The van der Waals surface area contributed by atoms with E-state index in [2.05, 4.69) is 9.68 Å². The van der Waals surface area contributed by atoms with Crippen molar-refractivity contribution in [2.24, 2.45) is 0 Å². The van der Waals surface area contributed by atoms with Crippen molar-refractivity contribution in [2.75, 3.05) is 0 Å². The van der Waals surface area contributed by atoms with Crippen molar-refractivity contribution in [3.8, 4) is 17.1 Å². The molecule has 2 N–H and O–H groups in total. The highest BCUT2D eigenvalue weighted by molar-refractivity contribution is 5.86. The Morgan fingerprint density at radius 3 is 2.63 bits per heavy atom. The van der Waals surface area contributed by atoms with Gasteiger partial charge in [-0.3, -0.25) is 10.1 Å². The van der Waals surface area contributed by atoms with Crippen LogP contribution in [0.15, 0.2) is 22.7 Å². The zero-order chi connectivity index (χ0) is 14.2. The fourth-order valence-corrected chi connectivity index (χ4v) is 1.39. The van der Waals surface area contributed by atoms with Crippen LogP contribution in [-0.4, -0.2) is 26.3 Å². The molecule has 0 aliphatic carbocycles. The van der Waals surface area contributed by atoms with Gasteiger partial charge in [0.2, 0.25) is 5.82 Å². The second kappa shape index (κ2) is 4.37. The Balaban J connectivity index is 2.57. The number of nitro groups is 1. The van der Waals surface area contributed by atoms with Gasteiger partial charge in [0.1, 0.15) is 5.75 Å². The van der Waals surface area contributed by atoms with Crippen LogP contribution in [0.1, 0.15) is 10.5 Å². The first kappa shape index (κ1) is 12.5. The van der Waals surface area contributed by atoms with E-state index in [0.29, 0.717) is 6.07 Å². The minimum atomic E-state index is -1.37. The Morgan fingerprint density at radius 1 is 1.42 bits per heavy atom. The molecule has 0 spiro atoms. The third-order valence-corrected chi connectivity index (χ3v) is 2.26. The van der Waals surface area contributed by atoms with E-state index in [0.717, 1.165) is 12.1 Å². The number of nitrogens with zero attached hydrogens (tertiary/aromatic N) is 2. The molecular weight excluding hydrogens is 263 g/mol. The van der Waals surface area contributed by atoms with Gasteiger partial charge in [-0.25, -0.2) is 4.79 Å². The molecule has 0 atom stereocenters. The van der Waals surface area contributed by atoms with Crippen molar-refractivity contribution in [2.45, 2.75) is 0 Å². The zero-order valence-corrected chi connectivity index (χ0v) is 9.03. The van der Waals surface area contributed by atoms with Crippen molar-refractivity contribution in [3.05, 3.63) is 39.8 Å². The third-order valence-electron chi connectivity index (χ3n) is 2.26. The number of hydrogen-bond acceptors (Lipinski definition) is 6. The number of aromatic carboxylic acids is 1. The number of hydrogen-bond donors (Lipinski definition) is 2. The molecule has 0 aliphatic heterocycles. The molecule has 0 bridgehead atoms. The lowest BCUT2D eigenvalue weighted by molar-refractivity contribution is -0.387. The molecule has 2 rings (SSSR count). The van der Waals surface area contributed by atoms with E-state index < -0.39 is 33.8 Å². The van der Waals surface area contributed by atoms with E-state index in [4.69, 9.17) is 5.11 Å². The number of aromatic nitrogens is 1. The number of aromatic hydroxyl groups is 1. The van der Waals surface area contributed by atoms with Gasteiger partial charge in [-0.2, -0.15) is 4.39 Å². The standard InChI is InChI=1S/C10H5FN2O6/c11-5-2-8(14)4(1-7(5)13(17)18)9-3-6(10(15)16)12-19-9/h1-3,14H,(H,15,16). The van der Waals surface area contributed by atoms with Crippen molar-refractivity contribution in [3.63, 3.8) is 0 Å². The van der Waals surface area contributed by atoms with Gasteiger partial charge in [0.25, 0.3) is 0 Å². The monoisotopic (exact) mass is 268 g/mol. The highest BCUT2D eigenvalue weighted by Gasteiger charge is 2.22. The third kappa shape index (κ3) is 2.20. The number of nitro benzene ring substituents is 1. The second-order valence-electron chi connectivity index (χ2n) is 3.46. The van der Waals surface area contributed by atoms with Crippen LogP contribution in [0, 0.1) is 15.9 Å². The molecule has 1 aromatic carbocycles. The summed E-state index contributed by atoms with van der Waals surface area (Å²) in [6.45, 7) is 0. The molecule has 0 aliphatic rings. The Bertz CT molecular complexity index is 681. The van der Waals surface area contributed by atoms with Gasteiger partial charge >= 0.3 is 11.7 Å². The smallest absolute Gasteiger partial charge is 0.358 e. The van der Waals surface area contributed by atoms with Gasteiger partial charge < -0.3 is 14.7 Å². The molecule has 0 radical (unpaired) electrons. The lowest BCUT2D eigenvalue weighted by atomic mass is 10.1. The molecule has 1 aromatic heterocycles. The van der Waals surface area contributed by atoms with E-state index in [1.165, 1.54) is 0 Å². The molecule has 0 unspecified atom stereocenters. The summed E-state index contributed by atoms with van der Waals surface area (Å²) in [7, 11) is 0. The topological polar surface area (TPSA) is 127 Å². The predicted octanol–water partition coefficient (Wildman–Crippen LogP) is 1.79. The van der Waals surface area contributed by atoms with Gasteiger partial charge in [0.05, 0.1) is 10.5 Å². The minimum absolute atomic E-state index is 0.224. The van der Waals surface area contributed by atoms with Crippen LogP contribution in [-0.2, 0) is 0 Å². The van der Waals surface area contributed by atoms with Crippen LogP contribution in [0.5, 0.6) is 5.75 Å². The fourth-order valence-electron chi connectivity index (χ4n) is 1.39. The number of halogens is 1. The van der Waals surface area contributed by atoms with E-state index in [1.807, 2.05) is 0 Å². The number of benzene rings is 1. The summed E-state index contributed by atoms with van der Waals surface area (Å²) in [5, 5.41) is 31.9. The molecule has 2 aromatic rings. The highest BCUT2D eigenvalue weighted by atomic mass is 19.1. The number of phenols is 1. The van der Waals surface area contributed by atoms with Crippen LogP contribution >= 0.6 is 0 Å². The van der Waals surface area contributed by atoms with E-state index in [-0.39, 0.29) is 11.3 Å². The Morgan fingerprint density at radius 2 is 2.11 bits per heavy atom. The Kier molecular flexibility index (Phi) is 2.87. The molecule has 98 valence electrons. The van der Waals surface area contributed by atoms with E-state index in [9.17, 15) is 24.4 Å². The van der Waals surface area contributed by atoms with E-state index in [1.54, 1.807) is 0 Å². The molecule has 0 saturated carbocycles. The molecule has 0 fully saturated rings. The second-order valence-corrected chi connectivity index (χ2v) is 3.46. The highest BCUT2D eigenvalue weighted by Crippen LogP contribution is 2.34. The summed E-state index contributed by atoms with van der Waals surface area (Å²) in [5.41, 5.74) is -1.55. The number of carbonyl (C=O) groups is 1. The van der Waals surface area contributed by atoms with Crippen LogP contribution in [0.3, 0.4) is 0 Å². The van der Waals surface area contributed by atoms with Gasteiger partial charge in [0.15, 0.2) is 11.5 Å². The Labute approximate surface area is 103 Å². The Hall–Kier alpha value is -2.97. The van der Waals surface area contributed by atoms with Crippen molar-refractivity contribution >= 4 is 11.7 Å². The van der Waals surface area contributed by atoms with Crippen LogP contribution in [0.25, 0.3) is 11.3 Å². The predicted molar refractivity (Wildman–Crippen MR) is 57.2 cm³/mol. The van der Waals surface area contributed by atoms with Crippen LogP contribution < -0.4 is 0 Å². The lowest BCUT2D eigenvalue weighted by Crippen LogP contribution is -1.95. The first-order valence-electron chi connectivity index (χ1n) is 4.77. The number of phenolic OH excluding ortho intramolecular Hbond substituents is 1.